The Hall–Kier alpha value is -2.27. The Morgan fingerprint density at radius 2 is 1.67 bits per heavy atom. The molecule has 1 saturated heterocycles. The van der Waals surface area contributed by atoms with Gasteiger partial charge in [-0.3, -0.25) is 4.90 Å². The van der Waals surface area contributed by atoms with E-state index in [1.807, 2.05) is 17.9 Å². The lowest BCUT2D eigenvalue weighted by molar-refractivity contribution is 0.162. The molecule has 1 fully saturated rings. The Balaban J connectivity index is 1.74. The van der Waals surface area contributed by atoms with Crippen LogP contribution in [0.1, 0.15) is 22.7 Å². The second-order valence-electron chi connectivity index (χ2n) is 6.79. The van der Waals surface area contributed by atoms with E-state index in [-0.39, 0.29) is 5.82 Å². The average molecular weight is 387 g/mol. The lowest BCUT2D eigenvalue weighted by Gasteiger charge is -2.36. The van der Waals surface area contributed by atoms with Crippen LogP contribution in [0.4, 0.5) is 4.39 Å². The zero-order valence-electron chi connectivity index (χ0n) is 15.4. The molecule has 2 aromatic carbocycles. The van der Waals surface area contributed by atoms with Gasteiger partial charge in [0, 0.05) is 26.2 Å². The fourth-order valence-corrected chi connectivity index (χ4v) is 5.07. The van der Waals surface area contributed by atoms with Crippen molar-refractivity contribution in [2.75, 3.05) is 26.2 Å². The monoisotopic (exact) mass is 387 g/mol. The maximum Gasteiger partial charge on any atom is 0.243 e. The van der Waals surface area contributed by atoms with E-state index in [0.29, 0.717) is 36.6 Å². The number of rotatable bonds is 4. The second kappa shape index (κ2) is 7.77. The molecule has 27 heavy (non-hydrogen) atoms. The molecule has 1 atom stereocenters. The summed E-state index contributed by atoms with van der Waals surface area (Å²) in [6.45, 7) is 5.25. The molecule has 0 saturated carbocycles. The quantitative estimate of drug-likeness (QED) is 0.809. The van der Waals surface area contributed by atoms with Crippen LogP contribution in [-0.2, 0) is 10.0 Å². The van der Waals surface area contributed by atoms with E-state index < -0.39 is 16.1 Å². The van der Waals surface area contributed by atoms with Crippen LogP contribution in [0.25, 0.3) is 0 Å². The highest BCUT2D eigenvalue weighted by Gasteiger charge is 2.32. The molecule has 0 bridgehead atoms. The molecule has 1 heterocycles. The normalized spacial score (nSPS) is 17.4. The lowest BCUT2D eigenvalue weighted by Crippen LogP contribution is -2.49. The van der Waals surface area contributed by atoms with Gasteiger partial charge in [-0.25, -0.2) is 12.8 Å². The van der Waals surface area contributed by atoms with Crippen molar-refractivity contribution < 1.29 is 12.8 Å². The average Bonchev–Trinajstić information content (AvgIpc) is 2.64. The van der Waals surface area contributed by atoms with Crippen LogP contribution < -0.4 is 0 Å². The number of halogens is 1. The number of piperazine rings is 1. The number of hydrogen-bond acceptors (Lipinski definition) is 4. The van der Waals surface area contributed by atoms with E-state index in [1.54, 1.807) is 31.2 Å². The van der Waals surface area contributed by atoms with E-state index >= 15 is 0 Å². The third kappa shape index (κ3) is 4.03. The first-order valence-electron chi connectivity index (χ1n) is 8.79. The van der Waals surface area contributed by atoms with Crippen molar-refractivity contribution in [1.82, 2.24) is 9.21 Å². The topological polar surface area (TPSA) is 64.4 Å². The second-order valence-corrected chi connectivity index (χ2v) is 8.70. The van der Waals surface area contributed by atoms with Crippen molar-refractivity contribution in [3.63, 3.8) is 0 Å². The van der Waals surface area contributed by atoms with Gasteiger partial charge in [-0.1, -0.05) is 29.8 Å². The van der Waals surface area contributed by atoms with E-state index in [9.17, 15) is 18.1 Å². The van der Waals surface area contributed by atoms with E-state index in [4.69, 9.17) is 0 Å². The molecule has 0 amide bonds. The molecular weight excluding hydrogens is 365 g/mol. The molecule has 0 N–H and O–H groups in total. The largest absolute Gasteiger partial charge is 0.282 e. The minimum Gasteiger partial charge on any atom is -0.282 e. The van der Waals surface area contributed by atoms with Crippen molar-refractivity contribution in [1.29, 1.82) is 5.26 Å². The van der Waals surface area contributed by atoms with Crippen LogP contribution in [0.3, 0.4) is 0 Å². The predicted molar refractivity (Wildman–Crippen MR) is 101 cm³/mol. The third-order valence-electron chi connectivity index (χ3n) is 4.89. The standard InChI is InChI=1S/C20H22FN3O2S/c1-15-3-8-20(16(2)13-15)27(25,26)24-11-9-23(10-12-24)19(14-22)17-4-6-18(21)7-5-17/h3-8,13,19H,9-12H2,1-2H3. The first kappa shape index (κ1) is 19.5. The molecule has 1 aliphatic rings. The van der Waals surface area contributed by atoms with Crippen molar-refractivity contribution in [2.24, 2.45) is 0 Å². The van der Waals surface area contributed by atoms with Gasteiger partial charge in [0.1, 0.15) is 11.9 Å². The van der Waals surface area contributed by atoms with Crippen LogP contribution in [0, 0.1) is 31.0 Å². The highest BCUT2D eigenvalue weighted by molar-refractivity contribution is 7.89. The number of aryl methyl sites for hydroxylation is 2. The third-order valence-corrected chi connectivity index (χ3v) is 6.95. The molecule has 5 nitrogen and oxygen atoms in total. The smallest absolute Gasteiger partial charge is 0.243 e. The zero-order chi connectivity index (χ0) is 19.6. The molecule has 3 rings (SSSR count). The Morgan fingerprint density at radius 3 is 2.22 bits per heavy atom. The van der Waals surface area contributed by atoms with E-state index in [2.05, 4.69) is 6.07 Å². The minimum absolute atomic E-state index is 0.315. The first-order chi connectivity index (χ1) is 12.8. The van der Waals surface area contributed by atoms with Crippen molar-refractivity contribution in [3.8, 4) is 6.07 Å². The summed E-state index contributed by atoms with van der Waals surface area (Å²) in [6.07, 6.45) is 0. The van der Waals surface area contributed by atoms with Crippen LogP contribution >= 0.6 is 0 Å². The summed E-state index contributed by atoms with van der Waals surface area (Å²) < 4.78 is 40.5. The van der Waals surface area contributed by atoms with Gasteiger partial charge in [-0.05, 0) is 43.2 Å². The maximum absolute atomic E-state index is 13.1. The molecule has 0 aromatic heterocycles. The summed E-state index contributed by atoms with van der Waals surface area (Å²) in [6, 6.07) is 12.9. The first-order valence-corrected chi connectivity index (χ1v) is 10.2. The van der Waals surface area contributed by atoms with Gasteiger partial charge < -0.3 is 0 Å². The van der Waals surface area contributed by atoms with Crippen LogP contribution in [0.15, 0.2) is 47.4 Å². The summed E-state index contributed by atoms with van der Waals surface area (Å²) in [4.78, 5) is 2.26. The minimum atomic E-state index is -3.56. The number of nitriles is 1. The molecule has 0 aliphatic carbocycles. The Kier molecular flexibility index (Phi) is 5.61. The Morgan fingerprint density at radius 1 is 1.04 bits per heavy atom. The number of sulfonamides is 1. The molecule has 2 aromatic rings. The lowest BCUT2D eigenvalue weighted by atomic mass is 10.1. The van der Waals surface area contributed by atoms with Gasteiger partial charge in [0.05, 0.1) is 11.0 Å². The van der Waals surface area contributed by atoms with Crippen LogP contribution in [0.2, 0.25) is 0 Å². The highest BCUT2D eigenvalue weighted by atomic mass is 32.2. The Bertz CT molecular complexity index is 960. The van der Waals surface area contributed by atoms with E-state index in [0.717, 1.165) is 11.1 Å². The Labute approximate surface area is 159 Å². The summed E-state index contributed by atoms with van der Waals surface area (Å²) in [5, 5.41) is 9.55. The summed E-state index contributed by atoms with van der Waals surface area (Å²) >= 11 is 0. The summed E-state index contributed by atoms with van der Waals surface area (Å²) in [5.41, 5.74) is 2.47. The maximum atomic E-state index is 13.1. The fourth-order valence-electron chi connectivity index (χ4n) is 3.44. The predicted octanol–water partition coefficient (Wildman–Crippen LogP) is 3.01. The highest BCUT2D eigenvalue weighted by Crippen LogP contribution is 2.26. The van der Waals surface area contributed by atoms with Gasteiger partial charge in [-0.2, -0.15) is 9.57 Å². The molecule has 0 radical (unpaired) electrons. The zero-order valence-corrected chi connectivity index (χ0v) is 16.2. The van der Waals surface area contributed by atoms with Crippen molar-refractivity contribution in [3.05, 3.63) is 65.0 Å². The number of benzene rings is 2. The molecule has 1 unspecified atom stereocenters. The summed E-state index contributed by atoms with van der Waals surface area (Å²) in [5.74, 6) is -0.347. The molecular formula is C20H22FN3O2S. The van der Waals surface area contributed by atoms with Crippen LogP contribution in [-0.4, -0.2) is 43.8 Å². The van der Waals surface area contributed by atoms with Gasteiger partial charge >= 0.3 is 0 Å². The van der Waals surface area contributed by atoms with Crippen molar-refractivity contribution >= 4 is 10.0 Å². The van der Waals surface area contributed by atoms with Gasteiger partial charge in [0.2, 0.25) is 10.0 Å². The van der Waals surface area contributed by atoms with E-state index in [1.165, 1.54) is 16.4 Å². The fraction of sp³-hybridized carbons (Fsp3) is 0.350. The van der Waals surface area contributed by atoms with Gasteiger partial charge in [0.25, 0.3) is 0 Å². The molecule has 142 valence electrons. The van der Waals surface area contributed by atoms with Crippen LogP contribution in [0.5, 0.6) is 0 Å². The summed E-state index contributed by atoms with van der Waals surface area (Å²) in [7, 11) is -3.56. The van der Waals surface area contributed by atoms with Gasteiger partial charge in [0.15, 0.2) is 0 Å². The molecule has 1 aliphatic heterocycles. The molecule has 0 spiro atoms. The number of hydrogen-bond donors (Lipinski definition) is 0. The SMILES string of the molecule is Cc1ccc(S(=O)(=O)N2CCN(C(C#N)c3ccc(F)cc3)CC2)c(C)c1. The van der Waals surface area contributed by atoms with Gasteiger partial charge in [-0.15, -0.1) is 0 Å². The molecule has 7 heteroatoms. The number of nitrogens with zero attached hydrogens (tertiary/aromatic N) is 3. The van der Waals surface area contributed by atoms with Crippen molar-refractivity contribution in [2.45, 2.75) is 24.8 Å².